The van der Waals surface area contributed by atoms with Gasteiger partial charge < -0.3 is 5.32 Å². The number of hydrogen-bond donors (Lipinski definition) is 1. The summed E-state index contributed by atoms with van der Waals surface area (Å²) in [7, 11) is -3.24. The SMILES string of the molecule is C[C@@H](NC(=O)c1cnn(-c2ccccc2)n1)c1ccc(S(C)(=O)=O)cc1. The van der Waals surface area contributed by atoms with Crippen LogP contribution in [-0.4, -0.2) is 35.6 Å². The summed E-state index contributed by atoms with van der Waals surface area (Å²) in [5.74, 6) is -0.355. The van der Waals surface area contributed by atoms with Crippen LogP contribution in [0.25, 0.3) is 5.69 Å². The number of aromatic nitrogens is 3. The van der Waals surface area contributed by atoms with Gasteiger partial charge in [-0.15, -0.1) is 5.10 Å². The zero-order chi connectivity index (χ0) is 18.7. The molecule has 3 aromatic rings. The Morgan fingerprint density at radius 1 is 1.08 bits per heavy atom. The first-order valence-electron chi connectivity index (χ1n) is 7.93. The highest BCUT2D eigenvalue weighted by Gasteiger charge is 2.16. The fourth-order valence-corrected chi connectivity index (χ4v) is 3.04. The fraction of sp³-hybridized carbons (Fsp3) is 0.167. The molecular formula is C18H18N4O3S. The van der Waals surface area contributed by atoms with Gasteiger partial charge in [0.25, 0.3) is 5.91 Å². The molecule has 0 aliphatic rings. The van der Waals surface area contributed by atoms with Crippen LogP contribution in [0.4, 0.5) is 0 Å². The lowest BCUT2D eigenvalue weighted by molar-refractivity contribution is 0.0934. The van der Waals surface area contributed by atoms with Gasteiger partial charge >= 0.3 is 0 Å². The number of carbonyl (C=O) groups is 1. The van der Waals surface area contributed by atoms with E-state index in [2.05, 4.69) is 15.5 Å². The topological polar surface area (TPSA) is 93.9 Å². The molecule has 0 unspecified atom stereocenters. The van der Waals surface area contributed by atoms with E-state index in [1.165, 1.54) is 23.1 Å². The molecule has 0 spiro atoms. The van der Waals surface area contributed by atoms with E-state index < -0.39 is 9.84 Å². The Morgan fingerprint density at radius 2 is 1.73 bits per heavy atom. The highest BCUT2D eigenvalue weighted by molar-refractivity contribution is 7.90. The van der Waals surface area contributed by atoms with Crippen molar-refractivity contribution in [1.82, 2.24) is 20.3 Å². The van der Waals surface area contributed by atoms with Gasteiger partial charge in [-0.1, -0.05) is 30.3 Å². The van der Waals surface area contributed by atoms with E-state index in [0.717, 1.165) is 17.5 Å². The molecule has 26 heavy (non-hydrogen) atoms. The van der Waals surface area contributed by atoms with E-state index in [1.54, 1.807) is 12.1 Å². The molecule has 0 saturated carbocycles. The van der Waals surface area contributed by atoms with Gasteiger partial charge in [-0.25, -0.2) is 8.42 Å². The van der Waals surface area contributed by atoms with Crippen molar-refractivity contribution in [2.75, 3.05) is 6.26 Å². The van der Waals surface area contributed by atoms with Crippen LogP contribution in [0, 0.1) is 0 Å². The predicted octanol–water partition coefficient (Wildman–Crippen LogP) is 2.16. The van der Waals surface area contributed by atoms with Crippen LogP contribution < -0.4 is 5.32 Å². The number of amides is 1. The van der Waals surface area contributed by atoms with Crippen LogP contribution >= 0.6 is 0 Å². The summed E-state index contributed by atoms with van der Waals surface area (Å²) in [6.45, 7) is 1.81. The molecule has 1 atom stereocenters. The van der Waals surface area contributed by atoms with E-state index >= 15 is 0 Å². The molecule has 0 aliphatic heterocycles. The monoisotopic (exact) mass is 370 g/mol. The lowest BCUT2D eigenvalue weighted by atomic mass is 10.1. The Hall–Kier alpha value is -3.00. The molecule has 0 fully saturated rings. The van der Waals surface area contributed by atoms with Gasteiger partial charge in [0.15, 0.2) is 15.5 Å². The van der Waals surface area contributed by atoms with Gasteiger partial charge in [0.1, 0.15) is 0 Å². The highest BCUT2D eigenvalue weighted by atomic mass is 32.2. The summed E-state index contributed by atoms with van der Waals surface area (Å²) in [5.41, 5.74) is 1.76. The third kappa shape index (κ3) is 3.97. The Bertz CT molecular complexity index is 1010. The Morgan fingerprint density at radius 3 is 2.35 bits per heavy atom. The number of sulfone groups is 1. The van der Waals surface area contributed by atoms with Crippen molar-refractivity contribution in [2.45, 2.75) is 17.9 Å². The molecule has 1 aromatic heterocycles. The first kappa shape index (κ1) is 17.8. The van der Waals surface area contributed by atoms with Crippen molar-refractivity contribution in [2.24, 2.45) is 0 Å². The minimum Gasteiger partial charge on any atom is -0.344 e. The van der Waals surface area contributed by atoms with Gasteiger partial charge in [-0.05, 0) is 36.8 Å². The third-order valence-electron chi connectivity index (χ3n) is 3.87. The summed E-state index contributed by atoms with van der Waals surface area (Å²) in [4.78, 5) is 14.0. The second-order valence-electron chi connectivity index (χ2n) is 5.89. The number of carbonyl (C=O) groups excluding carboxylic acids is 1. The predicted molar refractivity (Wildman–Crippen MR) is 96.8 cm³/mol. The summed E-state index contributed by atoms with van der Waals surface area (Å²) in [6.07, 6.45) is 2.56. The van der Waals surface area contributed by atoms with E-state index in [4.69, 9.17) is 0 Å². The third-order valence-corrected chi connectivity index (χ3v) is 5.00. The van der Waals surface area contributed by atoms with E-state index in [9.17, 15) is 13.2 Å². The van der Waals surface area contributed by atoms with Crippen molar-refractivity contribution in [3.63, 3.8) is 0 Å². The number of rotatable bonds is 5. The molecule has 0 aliphatic carbocycles. The Kier molecular flexibility index (Phi) is 4.85. The zero-order valence-corrected chi connectivity index (χ0v) is 15.1. The molecule has 0 bridgehead atoms. The number of para-hydroxylation sites is 1. The van der Waals surface area contributed by atoms with E-state index in [0.29, 0.717) is 0 Å². The molecule has 0 radical (unpaired) electrons. The summed E-state index contributed by atoms with van der Waals surface area (Å²) in [5, 5.41) is 11.1. The van der Waals surface area contributed by atoms with Gasteiger partial charge in [0, 0.05) is 6.26 Å². The van der Waals surface area contributed by atoms with E-state index in [1.807, 2.05) is 37.3 Å². The molecule has 2 aromatic carbocycles. The van der Waals surface area contributed by atoms with Gasteiger partial charge in [0.2, 0.25) is 0 Å². The average molecular weight is 370 g/mol. The Labute approximate surface area is 151 Å². The molecule has 8 heteroatoms. The number of nitrogens with one attached hydrogen (secondary N) is 1. The molecule has 1 amide bonds. The van der Waals surface area contributed by atoms with Crippen molar-refractivity contribution in [3.8, 4) is 5.69 Å². The Balaban J connectivity index is 1.71. The molecule has 1 N–H and O–H groups in total. The lowest BCUT2D eigenvalue weighted by Gasteiger charge is -2.13. The normalized spacial score (nSPS) is 12.5. The summed E-state index contributed by atoms with van der Waals surface area (Å²) >= 11 is 0. The first-order valence-corrected chi connectivity index (χ1v) is 9.82. The second-order valence-corrected chi connectivity index (χ2v) is 7.91. The number of benzene rings is 2. The van der Waals surface area contributed by atoms with Crippen LogP contribution in [0.1, 0.15) is 29.0 Å². The van der Waals surface area contributed by atoms with Crippen LogP contribution in [-0.2, 0) is 9.84 Å². The molecule has 1 heterocycles. The largest absolute Gasteiger partial charge is 0.344 e. The maximum Gasteiger partial charge on any atom is 0.273 e. The van der Waals surface area contributed by atoms with Gasteiger partial charge in [0.05, 0.1) is 22.8 Å². The maximum absolute atomic E-state index is 12.4. The zero-order valence-electron chi connectivity index (χ0n) is 14.3. The van der Waals surface area contributed by atoms with Crippen molar-refractivity contribution >= 4 is 15.7 Å². The van der Waals surface area contributed by atoms with E-state index in [-0.39, 0.29) is 22.5 Å². The van der Waals surface area contributed by atoms with Crippen LogP contribution in [0.2, 0.25) is 0 Å². The number of nitrogens with zero attached hydrogens (tertiary/aromatic N) is 3. The molecule has 134 valence electrons. The standard InChI is InChI=1S/C18H18N4O3S/c1-13(14-8-10-16(11-9-14)26(2,24)25)20-18(23)17-12-19-22(21-17)15-6-4-3-5-7-15/h3-13H,1-2H3,(H,20,23)/t13-/m1/s1. The minimum atomic E-state index is -3.24. The average Bonchev–Trinajstić information content (AvgIpc) is 3.12. The molecular weight excluding hydrogens is 352 g/mol. The first-order chi connectivity index (χ1) is 12.3. The van der Waals surface area contributed by atoms with Crippen molar-refractivity contribution < 1.29 is 13.2 Å². The number of hydrogen-bond acceptors (Lipinski definition) is 5. The minimum absolute atomic E-state index is 0.202. The molecule has 7 nitrogen and oxygen atoms in total. The van der Waals surface area contributed by atoms with Crippen LogP contribution in [0.3, 0.4) is 0 Å². The van der Waals surface area contributed by atoms with Crippen LogP contribution in [0.15, 0.2) is 65.7 Å². The second kappa shape index (κ2) is 7.09. The highest BCUT2D eigenvalue weighted by Crippen LogP contribution is 2.16. The van der Waals surface area contributed by atoms with Gasteiger partial charge in [-0.3, -0.25) is 4.79 Å². The smallest absolute Gasteiger partial charge is 0.273 e. The van der Waals surface area contributed by atoms with Gasteiger partial charge in [-0.2, -0.15) is 9.90 Å². The molecule has 0 saturated heterocycles. The van der Waals surface area contributed by atoms with Crippen molar-refractivity contribution in [3.05, 3.63) is 72.1 Å². The lowest BCUT2D eigenvalue weighted by Crippen LogP contribution is -2.27. The molecule has 3 rings (SSSR count). The quantitative estimate of drug-likeness (QED) is 0.743. The van der Waals surface area contributed by atoms with Crippen LogP contribution in [0.5, 0.6) is 0 Å². The summed E-state index contributed by atoms with van der Waals surface area (Å²) in [6, 6.07) is 15.4. The van der Waals surface area contributed by atoms with Crippen molar-refractivity contribution in [1.29, 1.82) is 0 Å². The maximum atomic E-state index is 12.4. The summed E-state index contributed by atoms with van der Waals surface area (Å²) < 4.78 is 23.0. The fourth-order valence-electron chi connectivity index (χ4n) is 2.41.